The Bertz CT molecular complexity index is 237. The quantitative estimate of drug-likeness (QED) is 0.754. The van der Waals surface area contributed by atoms with Gasteiger partial charge in [0.15, 0.2) is 0 Å². The fraction of sp³-hybridized carbons (Fsp3) is 0.636. The summed E-state index contributed by atoms with van der Waals surface area (Å²) < 4.78 is 5.43. The number of hydrogen-bond donors (Lipinski definition) is 1. The van der Waals surface area contributed by atoms with Gasteiger partial charge in [-0.15, -0.1) is 0 Å². The molecule has 1 aliphatic heterocycles. The van der Waals surface area contributed by atoms with E-state index >= 15 is 0 Å². The molecule has 72 valence electrons. The summed E-state index contributed by atoms with van der Waals surface area (Å²) in [6.07, 6.45) is 4.33. The van der Waals surface area contributed by atoms with Gasteiger partial charge >= 0.3 is 0 Å². The van der Waals surface area contributed by atoms with Crippen LogP contribution in [0.15, 0.2) is 22.8 Å². The van der Waals surface area contributed by atoms with E-state index in [4.69, 9.17) is 4.42 Å². The van der Waals surface area contributed by atoms with E-state index in [0.29, 0.717) is 5.92 Å². The largest absolute Gasteiger partial charge is 0.469 e. The number of piperidine rings is 1. The maximum Gasteiger partial charge on any atom is 0.106 e. The van der Waals surface area contributed by atoms with E-state index in [-0.39, 0.29) is 0 Å². The van der Waals surface area contributed by atoms with Crippen molar-refractivity contribution in [3.8, 4) is 0 Å². The van der Waals surface area contributed by atoms with Crippen LogP contribution in [0.2, 0.25) is 0 Å². The normalized spacial score (nSPS) is 21.6. The first-order valence-corrected chi connectivity index (χ1v) is 5.12. The highest BCUT2D eigenvalue weighted by atomic mass is 16.3. The summed E-state index contributed by atoms with van der Waals surface area (Å²) in [4.78, 5) is 0. The Kier molecular flexibility index (Phi) is 2.69. The van der Waals surface area contributed by atoms with Crippen molar-refractivity contribution in [3.63, 3.8) is 0 Å². The van der Waals surface area contributed by atoms with Crippen LogP contribution >= 0.6 is 0 Å². The van der Waals surface area contributed by atoms with Crippen molar-refractivity contribution in [3.05, 3.63) is 24.2 Å². The molecule has 0 spiro atoms. The van der Waals surface area contributed by atoms with Gasteiger partial charge < -0.3 is 9.73 Å². The van der Waals surface area contributed by atoms with Gasteiger partial charge in [0, 0.05) is 5.92 Å². The molecule has 0 aromatic carbocycles. The molecule has 2 heterocycles. The molecule has 1 N–H and O–H groups in total. The molecule has 2 rings (SSSR count). The highest BCUT2D eigenvalue weighted by Crippen LogP contribution is 2.30. The van der Waals surface area contributed by atoms with Crippen molar-refractivity contribution in [1.82, 2.24) is 5.32 Å². The third-order valence-electron chi connectivity index (χ3n) is 3.08. The molecule has 1 fully saturated rings. The third-order valence-corrected chi connectivity index (χ3v) is 3.08. The maximum absolute atomic E-state index is 5.43. The summed E-state index contributed by atoms with van der Waals surface area (Å²) in [7, 11) is 0. The number of hydrogen-bond acceptors (Lipinski definition) is 2. The summed E-state index contributed by atoms with van der Waals surface area (Å²) in [5.74, 6) is 2.52. The molecule has 0 radical (unpaired) electrons. The van der Waals surface area contributed by atoms with E-state index in [1.165, 1.54) is 12.8 Å². The lowest BCUT2D eigenvalue weighted by atomic mass is 9.85. The predicted molar refractivity (Wildman–Crippen MR) is 52.7 cm³/mol. The Morgan fingerprint density at radius 1 is 1.46 bits per heavy atom. The number of nitrogens with one attached hydrogen (secondary N) is 1. The van der Waals surface area contributed by atoms with E-state index < -0.39 is 0 Å². The van der Waals surface area contributed by atoms with Crippen molar-refractivity contribution in [1.29, 1.82) is 0 Å². The smallest absolute Gasteiger partial charge is 0.106 e. The van der Waals surface area contributed by atoms with Crippen LogP contribution in [0.5, 0.6) is 0 Å². The van der Waals surface area contributed by atoms with Crippen molar-refractivity contribution < 1.29 is 4.42 Å². The van der Waals surface area contributed by atoms with Gasteiger partial charge in [-0.1, -0.05) is 6.92 Å². The average Bonchev–Trinajstić information content (AvgIpc) is 2.71. The van der Waals surface area contributed by atoms with Crippen molar-refractivity contribution in [2.75, 3.05) is 13.1 Å². The minimum atomic E-state index is 0.581. The highest BCUT2D eigenvalue weighted by molar-refractivity contribution is 5.06. The molecule has 0 bridgehead atoms. The van der Waals surface area contributed by atoms with Gasteiger partial charge in [-0.2, -0.15) is 0 Å². The Hall–Kier alpha value is -0.760. The van der Waals surface area contributed by atoms with Crippen molar-refractivity contribution in [2.24, 2.45) is 5.92 Å². The Labute approximate surface area is 79.3 Å². The highest BCUT2D eigenvalue weighted by Gasteiger charge is 2.22. The maximum atomic E-state index is 5.43. The van der Waals surface area contributed by atoms with Gasteiger partial charge in [-0.3, -0.25) is 0 Å². The van der Waals surface area contributed by atoms with Crippen molar-refractivity contribution >= 4 is 0 Å². The summed E-state index contributed by atoms with van der Waals surface area (Å²) >= 11 is 0. The van der Waals surface area contributed by atoms with Crippen LogP contribution in [0, 0.1) is 5.92 Å². The summed E-state index contributed by atoms with van der Waals surface area (Å²) in [5.41, 5.74) is 0. The number of furan rings is 1. The fourth-order valence-corrected chi connectivity index (χ4v) is 2.13. The van der Waals surface area contributed by atoms with E-state index in [0.717, 1.165) is 24.8 Å². The Morgan fingerprint density at radius 3 is 2.85 bits per heavy atom. The van der Waals surface area contributed by atoms with Crippen LogP contribution in [0.4, 0.5) is 0 Å². The average molecular weight is 179 g/mol. The molecule has 0 amide bonds. The lowest BCUT2D eigenvalue weighted by molar-refractivity contribution is 0.300. The summed E-state index contributed by atoms with van der Waals surface area (Å²) in [6, 6.07) is 4.07. The zero-order valence-corrected chi connectivity index (χ0v) is 8.12. The second-order valence-electron chi connectivity index (χ2n) is 3.89. The number of rotatable bonds is 2. The topological polar surface area (TPSA) is 25.2 Å². The molecule has 0 saturated carbocycles. The van der Waals surface area contributed by atoms with Gasteiger partial charge in [0.25, 0.3) is 0 Å². The fourth-order valence-electron chi connectivity index (χ4n) is 2.13. The molecule has 1 aromatic rings. The minimum absolute atomic E-state index is 0.581. The summed E-state index contributed by atoms with van der Waals surface area (Å²) in [6.45, 7) is 4.60. The van der Waals surface area contributed by atoms with Crippen LogP contribution in [-0.2, 0) is 0 Å². The standard InChI is InChI=1S/C11H17NO/c1-9(11-3-2-8-13-11)10-4-6-12-7-5-10/h2-3,8-10,12H,4-7H2,1H3. The van der Waals surface area contributed by atoms with Gasteiger partial charge in [0.1, 0.15) is 5.76 Å². The van der Waals surface area contributed by atoms with Gasteiger partial charge in [-0.05, 0) is 44.0 Å². The molecule has 0 aliphatic carbocycles. The SMILES string of the molecule is CC(c1ccco1)C1CCNCC1. The van der Waals surface area contributed by atoms with Crippen LogP contribution < -0.4 is 5.32 Å². The van der Waals surface area contributed by atoms with Crippen LogP contribution in [0.3, 0.4) is 0 Å². The Balaban J connectivity index is 1.99. The van der Waals surface area contributed by atoms with Gasteiger partial charge in [-0.25, -0.2) is 0 Å². The second kappa shape index (κ2) is 3.97. The van der Waals surface area contributed by atoms with Gasteiger partial charge in [0.2, 0.25) is 0 Å². The van der Waals surface area contributed by atoms with E-state index in [1.807, 2.05) is 6.07 Å². The molecule has 13 heavy (non-hydrogen) atoms. The summed E-state index contributed by atoms with van der Waals surface area (Å²) in [5, 5.41) is 3.38. The molecular weight excluding hydrogens is 162 g/mol. The van der Waals surface area contributed by atoms with Crippen LogP contribution in [-0.4, -0.2) is 13.1 Å². The van der Waals surface area contributed by atoms with E-state index in [9.17, 15) is 0 Å². The van der Waals surface area contributed by atoms with E-state index in [2.05, 4.69) is 18.3 Å². The molecule has 1 saturated heterocycles. The first-order valence-electron chi connectivity index (χ1n) is 5.12. The molecule has 1 aliphatic rings. The molecule has 2 nitrogen and oxygen atoms in total. The first-order chi connectivity index (χ1) is 6.38. The first kappa shape index (κ1) is 8.82. The van der Waals surface area contributed by atoms with E-state index in [1.54, 1.807) is 6.26 Å². The molecule has 1 atom stereocenters. The Morgan fingerprint density at radius 2 is 2.23 bits per heavy atom. The second-order valence-corrected chi connectivity index (χ2v) is 3.89. The van der Waals surface area contributed by atoms with Gasteiger partial charge in [0.05, 0.1) is 6.26 Å². The molecule has 2 heteroatoms. The molecule has 1 unspecified atom stereocenters. The lowest BCUT2D eigenvalue weighted by Gasteiger charge is -2.26. The monoisotopic (exact) mass is 179 g/mol. The van der Waals surface area contributed by atoms with Crippen molar-refractivity contribution in [2.45, 2.75) is 25.7 Å². The zero-order valence-electron chi connectivity index (χ0n) is 8.12. The molecule has 1 aromatic heterocycles. The van der Waals surface area contributed by atoms with Crippen LogP contribution in [0.1, 0.15) is 31.4 Å². The minimum Gasteiger partial charge on any atom is -0.469 e. The zero-order chi connectivity index (χ0) is 9.10. The molecular formula is C11H17NO. The predicted octanol–water partition coefficient (Wildman–Crippen LogP) is 2.38. The third kappa shape index (κ3) is 1.94. The van der Waals surface area contributed by atoms with Crippen LogP contribution in [0.25, 0.3) is 0 Å². The lowest BCUT2D eigenvalue weighted by Crippen LogP contribution is -2.30.